The fraction of sp³-hybridized carbons (Fsp3) is 0.125. The summed E-state index contributed by atoms with van der Waals surface area (Å²) in [5.74, 6) is 0.147. The van der Waals surface area contributed by atoms with Crippen LogP contribution in [-0.4, -0.2) is 16.8 Å². The number of allylic oxidation sites excluding steroid dienone is 1. The number of carbonyl (C=O) groups excluding carboxylic acids is 2. The van der Waals surface area contributed by atoms with Crippen molar-refractivity contribution in [2.75, 3.05) is 0 Å². The van der Waals surface area contributed by atoms with Crippen LogP contribution in [0.25, 0.3) is 17.4 Å². The molecule has 0 fully saturated rings. The summed E-state index contributed by atoms with van der Waals surface area (Å²) in [6.45, 7) is 2.63. The van der Waals surface area contributed by atoms with Crippen molar-refractivity contribution in [3.63, 3.8) is 0 Å². The summed E-state index contributed by atoms with van der Waals surface area (Å²) in [4.78, 5) is 22.8. The quantitative estimate of drug-likeness (QED) is 0.381. The Morgan fingerprint density at radius 2 is 1.86 bits per heavy atom. The molecule has 0 aliphatic rings. The Balaban J connectivity index is 2.36. The Bertz CT molecular complexity index is 726. The van der Waals surface area contributed by atoms with E-state index in [0.29, 0.717) is 17.1 Å². The monoisotopic (exact) mass is 301 g/mol. The zero-order valence-corrected chi connectivity index (χ0v) is 12.1. The highest BCUT2D eigenvalue weighted by Crippen LogP contribution is 2.25. The summed E-state index contributed by atoms with van der Waals surface area (Å²) in [5.41, 5.74) is 0.811. The van der Waals surface area contributed by atoms with Crippen LogP contribution in [0.4, 0.5) is 5.69 Å². The van der Waals surface area contributed by atoms with E-state index in [1.807, 2.05) is 0 Å². The summed E-state index contributed by atoms with van der Waals surface area (Å²) >= 11 is 0. The molecule has 0 aliphatic carbocycles. The van der Waals surface area contributed by atoms with Crippen molar-refractivity contribution in [2.45, 2.75) is 13.8 Å². The molecule has 6 nitrogen and oxygen atoms in total. The van der Waals surface area contributed by atoms with Gasteiger partial charge in [0.15, 0.2) is 17.3 Å². The molecule has 2 aromatic rings. The number of ketones is 2. The number of Topliss-reactive ketones (excluding diaryl/α,β-unsaturated/α-hetero) is 2. The third-order valence-corrected chi connectivity index (χ3v) is 3.07. The van der Waals surface area contributed by atoms with E-state index in [4.69, 9.17) is 9.62 Å². The lowest BCUT2D eigenvalue weighted by Crippen LogP contribution is -2.99. The van der Waals surface area contributed by atoms with Crippen molar-refractivity contribution < 1.29 is 24.4 Å². The first-order valence-electron chi connectivity index (χ1n) is 6.55. The summed E-state index contributed by atoms with van der Waals surface area (Å²) in [7, 11) is 0. The van der Waals surface area contributed by atoms with E-state index in [1.54, 1.807) is 24.3 Å². The number of quaternary nitrogens is 1. The molecule has 0 spiro atoms. The maximum Gasteiger partial charge on any atom is 0.164 e. The van der Waals surface area contributed by atoms with Crippen LogP contribution in [0, 0.1) is 5.21 Å². The molecule has 1 unspecified atom stereocenters. The first kappa shape index (κ1) is 15.8. The lowest BCUT2D eigenvalue weighted by Gasteiger charge is -2.11. The third-order valence-electron chi connectivity index (χ3n) is 3.07. The van der Waals surface area contributed by atoms with Gasteiger partial charge in [0.25, 0.3) is 0 Å². The van der Waals surface area contributed by atoms with Gasteiger partial charge < -0.3 is 9.62 Å². The van der Waals surface area contributed by atoms with Gasteiger partial charge in [-0.3, -0.25) is 9.59 Å². The molecule has 1 aromatic heterocycles. The van der Waals surface area contributed by atoms with E-state index in [1.165, 1.54) is 32.1 Å². The SMILES string of the molecule is CC(=O)C(=Cc1ccc(-c2cccc([NH+]([O-])O)c2)o1)C(C)=O. The first-order valence-corrected chi connectivity index (χ1v) is 6.55. The van der Waals surface area contributed by atoms with Crippen molar-refractivity contribution in [2.24, 2.45) is 0 Å². The van der Waals surface area contributed by atoms with Crippen LogP contribution < -0.4 is 5.23 Å². The van der Waals surface area contributed by atoms with Gasteiger partial charge >= 0.3 is 0 Å². The van der Waals surface area contributed by atoms with Gasteiger partial charge in [-0.15, -0.1) is 0 Å². The summed E-state index contributed by atoms with van der Waals surface area (Å²) < 4.78 is 5.56. The molecule has 22 heavy (non-hydrogen) atoms. The highest BCUT2D eigenvalue weighted by molar-refractivity contribution is 6.21. The lowest BCUT2D eigenvalue weighted by molar-refractivity contribution is -0.991. The number of furan rings is 1. The zero-order valence-electron chi connectivity index (χ0n) is 12.1. The topological polar surface area (TPSA) is 95.0 Å². The number of benzene rings is 1. The highest BCUT2D eigenvalue weighted by atomic mass is 16.8. The van der Waals surface area contributed by atoms with Gasteiger partial charge in [-0.2, -0.15) is 5.23 Å². The smallest absolute Gasteiger partial charge is 0.164 e. The van der Waals surface area contributed by atoms with Gasteiger partial charge in [-0.25, -0.2) is 5.21 Å². The summed E-state index contributed by atoms with van der Waals surface area (Å²) in [6, 6.07) is 9.59. The van der Waals surface area contributed by atoms with Crippen LogP contribution in [0.2, 0.25) is 0 Å². The highest BCUT2D eigenvalue weighted by Gasteiger charge is 2.12. The lowest BCUT2D eigenvalue weighted by atomic mass is 10.1. The molecule has 6 heteroatoms. The fourth-order valence-corrected chi connectivity index (χ4v) is 1.98. The molecule has 1 heterocycles. The molecule has 0 aliphatic heterocycles. The fourth-order valence-electron chi connectivity index (χ4n) is 1.98. The van der Waals surface area contributed by atoms with Crippen LogP contribution in [0.3, 0.4) is 0 Å². The Morgan fingerprint density at radius 1 is 1.18 bits per heavy atom. The van der Waals surface area contributed by atoms with Crippen molar-refractivity contribution >= 4 is 23.3 Å². The molecule has 0 bridgehead atoms. The van der Waals surface area contributed by atoms with Crippen LogP contribution in [0.1, 0.15) is 19.6 Å². The third kappa shape index (κ3) is 3.56. The molecular formula is C16H15NO5. The maximum absolute atomic E-state index is 11.4. The standard InChI is InChI=1S/C16H15NO5/c1-10(18)15(11(2)19)9-14-6-7-16(22-14)12-4-3-5-13(8-12)17(20)21/h3-9,17,20H,1-2H3. The summed E-state index contributed by atoms with van der Waals surface area (Å²) in [5, 5.41) is 18.9. The predicted molar refractivity (Wildman–Crippen MR) is 79.3 cm³/mol. The van der Waals surface area contributed by atoms with E-state index >= 15 is 0 Å². The molecule has 1 atom stereocenters. The molecule has 1 aromatic carbocycles. The molecular weight excluding hydrogens is 286 g/mol. The number of hydrogen-bond acceptors (Lipinski definition) is 5. The number of hydrogen-bond donors (Lipinski definition) is 2. The molecule has 0 saturated heterocycles. The zero-order chi connectivity index (χ0) is 16.3. The molecule has 114 valence electrons. The van der Waals surface area contributed by atoms with Crippen molar-refractivity contribution in [3.8, 4) is 11.3 Å². The predicted octanol–water partition coefficient (Wildman–Crippen LogP) is 1.91. The van der Waals surface area contributed by atoms with Gasteiger partial charge in [0.2, 0.25) is 0 Å². The number of carbonyl (C=O) groups is 2. The van der Waals surface area contributed by atoms with Crippen LogP contribution in [0.15, 0.2) is 46.4 Å². The minimum atomic E-state index is -1.02. The maximum atomic E-state index is 11.4. The second-order valence-electron chi connectivity index (χ2n) is 4.76. The van der Waals surface area contributed by atoms with E-state index in [9.17, 15) is 14.8 Å². The number of nitrogens with one attached hydrogen (secondary N) is 1. The second-order valence-corrected chi connectivity index (χ2v) is 4.76. The van der Waals surface area contributed by atoms with Crippen molar-refractivity contribution in [1.29, 1.82) is 0 Å². The average Bonchev–Trinajstić information content (AvgIpc) is 2.93. The molecule has 2 rings (SSSR count). The van der Waals surface area contributed by atoms with E-state index in [0.717, 1.165) is 0 Å². The van der Waals surface area contributed by atoms with Crippen molar-refractivity contribution in [1.82, 2.24) is 0 Å². The summed E-state index contributed by atoms with van der Waals surface area (Å²) in [6.07, 6.45) is 1.38. The molecule has 2 N–H and O–H groups in total. The van der Waals surface area contributed by atoms with Crippen LogP contribution in [0.5, 0.6) is 0 Å². The van der Waals surface area contributed by atoms with E-state index in [2.05, 4.69) is 0 Å². The first-order chi connectivity index (χ1) is 10.4. The largest absolute Gasteiger partial charge is 0.595 e. The second kappa shape index (κ2) is 6.48. The van der Waals surface area contributed by atoms with Crippen LogP contribution >= 0.6 is 0 Å². The Labute approximate surface area is 126 Å². The van der Waals surface area contributed by atoms with Gasteiger partial charge in [0.05, 0.1) is 5.57 Å². The van der Waals surface area contributed by atoms with Crippen molar-refractivity contribution in [3.05, 3.63) is 52.9 Å². The van der Waals surface area contributed by atoms with E-state index < -0.39 is 5.23 Å². The molecule has 0 radical (unpaired) electrons. The average molecular weight is 301 g/mol. The Kier molecular flexibility index (Phi) is 4.67. The van der Waals surface area contributed by atoms with Gasteiger partial charge in [-0.05, 0) is 32.1 Å². The molecule has 0 saturated carbocycles. The van der Waals surface area contributed by atoms with E-state index in [-0.39, 0.29) is 22.8 Å². The minimum absolute atomic E-state index is 0.0557. The number of rotatable bonds is 5. The Hall–Kier alpha value is -2.54. The molecule has 0 amide bonds. The van der Waals surface area contributed by atoms with Crippen LogP contribution in [-0.2, 0) is 9.59 Å². The van der Waals surface area contributed by atoms with Gasteiger partial charge in [0.1, 0.15) is 11.5 Å². The van der Waals surface area contributed by atoms with Gasteiger partial charge in [-0.1, -0.05) is 12.1 Å². The normalized spacial score (nSPS) is 11.8. The Morgan fingerprint density at radius 3 is 2.45 bits per heavy atom. The minimum Gasteiger partial charge on any atom is -0.595 e. The van der Waals surface area contributed by atoms with Gasteiger partial charge in [0, 0.05) is 17.7 Å².